The van der Waals surface area contributed by atoms with Crippen LogP contribution in [0.15, 0.2) is 29.4 Å². The average molecular weight is 304 g/mol. The number of nitrogens with one attached hydrogen (secondary N) is 1. The highest BCUT2D eigenvalue weighted by molar-refractivity contribution is 8.00. The molecule has 0 saturated carbocycles. The van der Waals surface area contributed by atoms with Crippen LogP contribution in [0.3, 0.4) is 0 Å². The highest BCUT2D eigenvalue weighted by atomic mass is 32.2. The number of amides is 1. The van der Waals surface area contributed by atoms with Gasteiger partial charge in [-0.3, -0.25) is 4.79 Å². The van der Waals surface area contributed by atoms with E-state index in [0.717, 1.165) is 11.3 Å². The van der Waals surface area contributed by atoms with Crippen molar-refractivity contribution in [2.24, 2.45) is 0 Å². The van der Waals surface area contributed by atoms with Gasteiger partial charge in [0.2, 0.25) is 17.8 Å². The van der Waals surface area contributed by atoms with Crippen LogP contribution in [-0.4, -0.2) is 26.1 Å². The Morgan fingerprint density at radius 2 is 1.90 bits per heavy atom. The van der Waals surface area contributed by atoms with Crippen LogP contribution in [0.4, 0.5) is 17.6 Å². The predicted octanol–water partition coefficient (Wildman–Crippen LogP) is 1.46. The lowest BCUT2D eigenvalue weighted by molar-refractivity contribution is -0.115. The van der Waals surface area contributed by atoms with Crippen molar-refractivity contribution in [1.29, 1.82) is 0 Å². The maximum Gasteiger partial charge on any atom is 0.237 e. The van der Waals surface area contributed by atoms with Gasteiger partial charge in [0.15, 0.2) is 5.16 Å². The molecule has 0 saturated heterocycles. The fraction of sp³-hybridized carbons (Fsp3) is 0.231. The highest BCUT2D eigenvalue weighted by Crippen LogP contribution is 2.21. The zero-order valence-corrected chi connectivity index (χ0v) is 12.5. The van der Waals surface area contributed by atoms with Crippen molar-refractivity contribution in [3.63, 3.8) is 0 Å². The number of carbonyl (C=O) groups is 1. The first-order valence-corrected chi connectivity index (χ1v) is 7.13. The Kier molecular flexibility index (Phi) is 4.59. The number of anilines is 3. The summed E-state index contributed by atoms with van der Waals surface area (Å²) < 4.78 is 0. The van der Waals surface area contributed by atoms with E-state index in [1.807, 2.05) is 31.2 Å². The summed E-state index contributed by atoms with van der Waals surface area (Å²) in [4.78, 5) is 23.7. The first kappa shape index (κ1) is 15.0. The van der Waals surface area contributed by atoms with Gasteiger partial charge in [0.05, 0.1) is 5.25 Å². The number of thioether (sulfide) groups is 1. The van der Waals surface area contributed by atoms with Crippen LogP contribution >= 0.6 is 11.8 Å². The molecule has 0 bridgehead atoms. The molecule has 0 unspecified atom stereocenters. The van der Waals surface area contributed by atoms with Crippen molar-refractivity contribution < 1.29 is 4.79 Å². The Bertz CT molecular complexity index is 643. The summed E-state index contributed by atoms with van der Waals surface area (Å²) in [5.41, 5.74) is 12.8. The highest BCUT2D eigenvalue weighted by Gasteiger charge is 2.17. The van der Waals surface area contributed by atoms with E-state index in [0.29, 0.717) is 5.16 Å². The third-order valence-corrected chi connectivity index (χ3v) is 3.55. The maximum absolute atomic E-state index is 12.1. The van der Waals surface area contributed by atoms with Gasteiger partial charge in [0.25, 0.3) is 0 Å². The predicted molar refractivity (Wildman–Crippen MR) is 83.8 cm³/mol. The number of carbonyl (C=O) groups excluding carboxylic acids is 1. The molecule has 110 valence electrons. The number of nitrogens with two attached hydrogens (primary N) is 2. The molecule has 0 aliphatic rings. The second kappa shape index (κ2) is 6.40. The number of nitrogen functional groups attached to an aromatic ring is 2. The van der Waals surface area contributed by atoms with Crippen LogP contribution < -0.4 is 16.8 Å². The summed E-state index contributed by atoms with van der Waals surface area (Å²) in [7, 11) is 0. The van der Waals surface area contributed by atoms with Crippen LogP contribution in [0.25, 0.3) is 0 Å². The molecule has 21 heavy (non-hydrogen) atoms. The van der Waals surface area contributed by atoms with Crippen molar-refractivity contribution in [2.75, 3.05) is 16.8 Å². The van der Waals surface area contributed by atoms with Gasteiger partial charge in [-0.1, -0.05) is 23.9 Å². The van der Waals surface area contributed by atoms with Crippen molar-refractivity contribution >= 4 is 35.3 Å². The minimum atomic E-state index is -0.397. The zero-order valence-electron chi connectivity index (χ0n) is 11.7. The Hall–Kier alpha value is -2.35. The van der Waals surface area contributed by atoms with E-state index in [-0.39, 0.29) is 17.8 Å². The number of benzene rings is 1. The van der Waals surface area contributed by atoms with Gasteiger partial charge < -0.3 is 16.8 Å². The van der Waals surface area contributed by atoms with Crippen molar-refractivity contribution in [3.8, 4) is 0 Å². The second-order valence-electron chi connectivity index (χ2n) is 4.45. The number of aryl methyl sites for hydroxylation is 1. The number of hydrogen-bond donors (Lipinski definition) is 3. The van der Waals surface area contributed by atoms with Gasteiger partial charge in [-0.2, -0.15) is 15.0 Å². The summed E-state index contributed by atoms with van der Waals surface area (Å²) >= 11 is 1.17. The van der Waals surface area contributed by atoms with Gasteiger partial charge in [-0.15, -0.1) is 0 Å². The van der Waals surface area contributed by atoms with Gasteiger partial charge in [-0.25, -0.2) is 0 Å². The molecule has 8 heteroatoms. The number of nitrogens with zero attached hydrogens (tertiary/aromatic N) is 3. The number of rotatable bonds is 4. The summed E-state index contributed by atoms with van der Waals surface area (Å²) in [5.74, 6) is -0.0734. The molecule has 0 aliphatic carbocycles. The Labute approximate surface area is 126 Å². The third kappa shape index (κ3) is 4.32. The monoisotopic (exact) mass is 304 g/mol. The molecule has 0 radical (unpaired) electrons. The molecule has 1 aromatic heterocycles. The number of aromatic nitrogens is 3. The van der Waals surface area contributed by atoms with Gasteiger partial charge >= 0.3 is 0 Å². The van der Waals surface area contributed by atoms with Crippen LogP contribution in [0, 0.1) is 6.92 Å². The Balaban J connectivity index is 2.02. The van der Waals surface area contributed by atoms with E-state index in [2.05, 4.69) is 20.3 Å². The fourth-order valence-electron chi connectivity index (χ4n) is 1.62. The molecule has 1 heterocycles. The van der Waals surface area contributed by atoms with Gasteiger partial charge in [0, 0.05) is 5.69 Å². The quantitative estimate of drug-likeness (QED) is 0.731. The first-order chi connectivity index (χ1) is 9.94. The van der Waals surface area contributed by atoms with Crippen LogP contribution in [0.5, 0.6) is 0 Å². The molecule has 1 atom stereocenters. The lowest BCUT2D eigenvalue weighted by Gasteiger charge is -2.11. The second-order valence-corrected chi connectivity index (χ2v) is 5.76. The van der Waals surface area contributed by atoms with Crippen molar-refractivity contribution in [2.45, 2.75) is 24.3 Å². The largest absolute Gasteiger partial charge is 0.368 e. The molecular weight excluding hydrogens is 288 g/mol. The molecule has 0 aliphatic heterocycles. The minimum Gasteiger partial charge on any atom is -0.368 e. The lowest BCUT2D eigenvalue weighted by atomic mass is 10.2. The van der Waals surface area contributed by atoms with Crippen LogP contribution in [0.2, 0.25) is 0 Å². The molecule has 2 rings (SSSR count). The maximum atomic E-state index is 12.1. The minimum absolute atomic E-state index is 0.0382. The van der Waals surface area contributed by atoms with E-state index in [1.54, 1.807) is 6.92 Å². The van der Waals surface area contributed by atoms with E-state index in [1.165, 1.54) is 11.8 Å². The Morgan fingerprint density at radius 1 is 1.24 bits per heavy atom. The summed E-state index contributed by atoms with van der Waals surface area (Å²) in [6.07, 6.45) is 0. The van der Waals surface area contributed by atoms with E-state index in [4.69, 9.17) is 11.5 Å². The van der Waals surface area contributed by atoms with E-state index < -0.39 is 5.25 Å². The van der Waals surface area contributed by atoms with Gasteiger partial charge in [-0.05, 0) is 31.5 Å². The fourth-order valence-corrected chi connectivity index (χ4v) is 2.39. The lowest BCUT2D eigenvalue weighted by Crippen LogP contribution is -2.22. The van der Waals surface area contributed by atoms with E-state index in [9.17, 15) is 4.79 Å². The number of hydrogen-bond acceptors (Lipinski definition) is 7. The van der Waals surface area contributed by atoms with Crippen molar-refractivity contribution in [3.05, 3.63) is 29.8 Å². The molecule has 1 amide bonds. The molecule has 5 N–H and O–H groups in total. The smallest absolute Gasteiger partial charge is 0.237 e. The summed E-state index contributed by atoms with van der Waals surface area (Å²) in [6.45, 7) is 3.72. The zero-order chi connectivity index (χ0) is 15.4. The molecular formula is C13H16N6OS. The van der Waals surface area contributed by atoms with E-state index >= 15 is 0 Å². The first-order valence-electron chi connectivity index (χ1n) is 6.25. The standard InChI is InChI=1S/C13H16N6OS/c1-7-4-3-5-9(6-7)16-10(20)8(2)21-13-18-11(14)17-12(15)19-13/h3-6,8H,1-2H3,(H,16,20)(H4,14,15,17,18,19)/t8-/m0/s1. The summed E-state index contributed by atoms with van der Waals surface area (Å²) in [5, 5.41) is 2.77. The average Bonchev–Trinajstić information content (AvgIpc) is 2.37. The molecule has 0 fully saturated rings. The van der Waals surface area contributed by atoms with Crippen LogP contribution in [0.1, 0.15) is 12.5 Å². The molecule has 0 spiro atoms. The normalized spacial score (nSPS) is 11.9. The molecule has 2 aromatic rings. The topological polar surface area (TPSA) is 120 Å². The third-order valence-electron chi connectivity index (χ3n) is 2.59. The summed E-state index contributed by atoms with van der Waals surface area (Å²) in [6, 6.07) is 7.58. The Morgan fingerprint density at radius 3 is 2.52 bits per heavy atom. The SMILES string of the molecule is Cc1cccc(NC(=O)[C@H](C)Sc2nc(N)nc(N)n2)c1. The van der Waals surface area contributed by atoms with Crippen LogP contribution in [-0.2, 0) is 4.79 Å². The molecule has 7 nitrogen and oxygen atoms in total. The van der Waals surface area contributed by atoms with Gasteiger partial charge in [0.1, 0.15) is 0 Å². The van der Waals surface area contributed by atoms with Crippen molar-refractivity contribution in [1.82, 2.24) is 15.0 Å². The molecule has 1 aromatic carbocycles.